The Morgan fingerprint density at radius 3 is 2.96 bits per heavy atom. The number of aromatic amines is 1. The van der Waals surface area contributed by atoms with Crippen LogP contribution in [0.5, 0.6) is 0 Å². The van der Waals surface area contributed by atoms with Crippen molar-refractivity contribution in [2.75, 3.05) is 6.54 Å². The lowest BCUT2D eigenvalue weighted by Crippen LogP contribution is -2.38. The predicted octanol–water partition coefficient (Wildman–Crippen LogP) is 4.41. The Morgan fingerprint density at radius 1 is 1.29 bits per heavy atom. The van der Waals surface area contributed by atoms with Gasteiger partial charge in [0.25, 0.3) is 5.91 Å². The minimum absolute atomic E-state index is 0.0395. The highest BCUT2D eigenvalue weighted by molar-refractivity contribution is 7.17. The first-order chi connectivity index (χ1) is 11.7. The molecule has 0 saturated carbocycles. The molecule has 1 aliphatic rings. The second-order valence-corrected chi connectivity index (χ2v) is 7.18. The van der Waals surface area contributed by atoms with E-state index in [0.717, 1.165) is 52.8 Å². The minimum atomic E-state index is 0.0395. The smallest absolute Gasteiger partial charge is 0.264 e. The van der Waals surface area contributed by atoms with Crippen LogP contribution in [0.25, 0.3) is 10.6 Å². The third kappa shape index (κ3) is 2.78. The van der Waals surface area contributed by atoms with Crippen LogP contribution in [0.4, 0.5) is 0 Å². The van der Waals surface area contributed by atoms with Gasteiger partial charge in [-0.3, -0.25) is 9.89 Å². The SMILES string of the molecule is Cc1ccc(C2CCCCN2C(=O)c2ccc(-c3ccn[nH]3)s2)o1. The van der Waals surface area contributed by atoms with Gasteiger partial charge in [-0.1, -0.05) is 0 Å². The number of hydrogen-bond acceptors (Lipinski definition) is 4. The van der Waals surface area contributed by atoms with E-state index in [1.165, 1.54) is 11.3 Å². The van der Waals surface area contributed by atoms with Crippen molar-refractivity contribution in [3.63, 3.8) is 0 Å². The standard InChI is InChI=1S/C18H19N3O2S/c1-12-5-6-15(23-12)14-4-2-3-11-21(14)18(22)17-8-7-16(24-17)13-9-10-19-20-13/h5-10,14H,2-4,11H2,1H3,(H,19,20). The number of carbonyl (C=O) groups is 1. The summed E-state index contributed by atoms with van der Waals surface area (Å²) in [6.45, 7) is 2.72. The van der Waals surface area contributed by atoms with E-state index < -0.39 is 0 Å². The van der Waals surface area contributed by atoms with E-state index in [4.69, 9.17) is 4.42 Å². The van der Waals surface area contributed by atoms with E-state index in [1.807, 2.05) is 42.2 Å². The molecule has 0 aliphatic carbocycles. The molecule has 1 aliphatic heterocycles. The fourth-order valence-corrected chi connectivity index (χ4v) is 4.17. The van der Waals surface area contributed by atoms with Crippen molar-refractivity contribution < 1.29 is 9.21 Å². The number of amides is 1. The third-order valence-corrected chi connectivity index (χ3v) is 5.54. The Labute approximate surface area is 144 Å². The molecule has 1 saturated heterocycles. The van der Waals surface area contributed by atoms with Crippen molar-refractivity contribution in [2.24, 2.45) is 0 Å². The van der Waals surface area contributed by atoms with Gasteiger partial charge in [-0.25, -0.2) is 0 Å². The molecule has 1 fully saturated rings. The van der Waals surface area contributed by atoms with Crippen LogP contribution in [0.15, 0.2) is 40.9 Å². The summed E-state index contributed by atoms with van der Waals surface area (Å²) < 4.78 is 5.80. The maximum Gasteiger partial charge on any atom is 0.264 e. The zero-order valence-electron chi connectivity index (χ0n) is 13.5. The average Bonchev–Trinajstić information content (AvgIpc) is 3.34. The molecule has 4 heterocycles. The molecule has 0 spiro atoms. The summed E-state index contributed by atoms with van der Waals surface area (Å²) in [6, 6.07) is 9.79. The first-order valence-corrected chi connectivity index (χ1v) is 9.01. The van der Waals surface area contributed by atoms with Gasteiger partial charge < -0.3 is 9.32 Å². The topological polar surface area (TPSA) is 62.1 Å². The molecule has 6 heteroatoms. The van der Waals surface area contributed by atoms with Crippen molar-refractivity contribution in [3.05, 3.63) is 52.9 Å². The number of nitrogens with one attached hydrogen (secondary N) is 1. The molecule has 0 radical (unpaired) electrons. The number of H-pyrrole nitrogens is 1. The average molecular weight is 341 g/mol. The van der Waals surface area contributed by atoms with Gasteiger partial charge in [0.15, 0.2) is 0 Å². The predicted molar refractivity (Wildman–Crippen MR) is 93.0 cm³/mol. The first-order valence-electron chi connectivity index (χ1n) is 8.19. The lowest BCUT2D eigenvalue weighted by atomic mass is 10.00. The summed E-state index contributed by atoms with van der Waals surface area (Å²) in [6.07, 6.45) is 4.84. The van der Waals surface area contributed by atoms with Gasteiger partial charge in [0.05, 0.1) is 21.5 Å². The summed E-state index contributed by atoms with van der Waals surface area (Å²) in [7, 11) is 0. The highest BCUT2D eigenvalue weighted by atomic mass is 32.1. The van der Waals surface area contributed by atoms with Crippen LogP contribution < -0.4 is 0 Å². The quantitative estimate of drug-likeness (QED) is 0.767. The Morgan fingerprint density at radius 2 is 2.21 bits per heavy atom. The van der Waals surface area contributed by atoms with E-state index in [1.54, 1.807) is 6.20 Å². The molecule has 5 nitrogen and oxygen atoms in total. The largest absolute Gasteiger partial charge is 0.464 e. The molecule has 0 bridgehead atoms. The van der Waals surface area contributed by atoms with Crippen LogP contribution in [-0.2, 0) is 0 Å². The monoisotopic (exact) mass is 341 g/mol. The number of aromatic nitrogens is 2. The number of thiophene rings is 1. The Kier molecular flexibility index (Phi) is 3.98. The maximum absolute atomic E-state index is 13.0. The molecule has 1 atom stereocenters. The summed E-state index contributed by atoms with van der Waals surface area (Å²) >= 11 is 1.50. The molecular formula is C18H19N3O2S. The van der Waals surface area contributed by atoms with Crippen LogP contribution in [0.2, 0.25) is 0 Å². The van der Waals surface area contributed by atoms with E-state index >= 15 is 0 Å². The van der Waals surface area contributed by atoms with Crippen LogP contribution in [0, 0.1) is 6.92 Å². The molecule has 4 rings (SSSR count). The van der Waals surface area contributed by atoms with E-state index in [2.05, 4.69) is 10.2 Å². The lowest BCUT2D eigenvalue weighted by Gasteiger charge is -2.34. The number of piperidine rings is 1. The number of rotatable bonds is 3. The fraction of sp³-hybridized carbons (Fsp3) is 0.333. The van der Waals surface area contributed by atoms with Gasteiger partial charge in [-0.2, -0.15) is 5.10 Å². The number of hydrogen-bond donors (Lipinski definition) is 1. The van der Waals surface area contributed by atoms with Crippen LogP contribution in [0.3, 0.4) is 0 Å². The van der Waals surface area contributed by atoms with Gasteiger partial charge in [-0.15, -0.1) is 11.3 Å². The fourth-order valence-electron chi connectivity index (χ4n) is 3.24. The van der Waals surface area contributed by atoms with Crippen LogP contribution in [0.1, 0.15) is 46.5 Å². The second-order valence-electron chi connectivity index (χ2n) is 6.09. The molecular weight excluding hydrogens is 322 g/mol. The second kappa shape index (κ2) is 6.28. The van der Waals surface area contributed by atoms with Crippen molar-refractivity contribution in [1.29, 1.82) is 0 Å². The summed E-state index contributed by atoms with van der Waals surface area (Å²) in [5, 5.41) is 6.91. The minimum Gasteiger partial charge on any atom is -0.464 e. The number of furan rings is 1. The first kappa shape index (κ1) is 15.2. The van der Waals surface area contributed by atoms with Crippen molar-refractivity contribution in [3.8, 4) is 10.6 Å². The number of likely N-dealkylation sites (tertiary alicyclic amines) is 1. The molecule has 1 unspecified atom stereocenters. The summed E-state index contributed by atoms with van der Waals surface area (Å²) in [5.74, 6) is 1.87. The molecule has 1 amide bonds. The zero-order chi connectivity index (χ0) is 16.5. The van der Waals surface area contributed by atoms with Gasteiger partial charge >= 0.3 is 0 Å². The normalized spacial score (nSPS) is 18.0. The molecule has 3 aromatic heterocycles. The van der Waals surface area contributed by atoms with E-state index in [9.17, 15) is 4.79 Å². The maximum atomic E-state index is 13.0. The molecule has 3 aromatic rings. The lowest BCUT2D eigenvalue weighted by molar-refractivity contribution is 0.0584. The van der Waals surface area contributed by atoms with Gasteiger partial charge in [0.1, 0.15) is 11.5 Å². The highest BCUT2D eigenvalue weighted by Crippen LogP contribution is 2.35. The molecule has 0 aromatic carbocycles. The molecule has 1 N–H and O–H groups in total. The zero-order valence-corrected chi connectivity index (χ0v) is 14.3. The summed E-state index contributed by atoms with van der Waals surface area (Å²) in [5.41, 5.74) is 0.941. The van der Waals surface area contributed by atoms with Crippen molar-refractivity contribution in [1.82, 2.24) is 15.1 Å². The van der Waals surface area contributed by atoms with E-state index in [0.29, 0.717) is 0 Å². The van der Waals surface area contributed by atoms with Crippen LogP contribution in [-0.4, -0.2) is 27.5 Å². The Bertz CT molecular complexity index is 834. The summed E-state index contributed by atoms with van der Waals surface area (Å²) in [4.78, 5) is 16.8. The molecule has 124 valence electrons. The van der Waals surface area contributed by atoms with Crippen molar-refractivity contribution in [2.45, 2.75) is 32.2 Å². The Hall–Kier alpha value is -2.34. The van der Waals surface area contributed by atoms with Crippen molar-refractivity contribution >= 4 is 17.2 Å². The van der Waals surface area contributed by atoms with E-state index in [-0.39, 0.29) is 11.9 Å². The number of carbonyl (C=O) groups excluding carboxylic acids is 1. The third-order valence-electron chi connectivity index (χ3n) is 4.44. The number of nitrogens with zero attached hydrogens (tertiary/aromatic N) is 2. The Balaban J connectivity index is 1.60. The molecule has 24 heavy (non-hydrogen) atoms. The van der Waals surface area contributed by atoms with Gasteiger partial charge in [0, 0.05) is 12.7 Å². The highest BCUT2D eigenvalue weighted by Gasteiger charge is 2.31. The van der Waals surface area contributed by atoms with Gasteiger partial charge in [-0.05, 0) is 56.5 Å². The van der Waals surface area contributed by atoms with Gasteiger partial charge in [0.2, 0.25) is 0 Å². The number of aryl methyl sites for hydroxylation is 1. The van der Waals surface area contributed by atoms with Crippen LogP contribution >= 0.6 is 11.3 Å².